The number of thioether (sulfide) groups is 1. The van der Waals surface area contributed by atoms with Gasteiger partial charge in [-0.25, -0.2) is 4.39 Å². The van der Waals surface area contributed by atoms with Gasteiger partial charge in [-0.2, -0.15) is 0 Å². The van der Waals surface area contributed by atoms with Crippen molar-refractivity contribution in [2.75, 3.05) is 10.7 Å². The Hall–Kier alpha value is -1.72. The van der Waals surface area contributed by atoms with Gasteiger partial charge in [-0.1, -0.05) is 29.8 Å². The van der Waals surface area contributed by atoms with Crippen LogP contribution in [0.1, 0.15) is 10.9 Å². The molecule has 6 heteroatoms. The van der Waals surface area contributed by atoms with Crippen LogP contribution in [0, 0.1) is 5.82 Å². The summed E-state index contributed by atoms with van der Waals surface area (Å²) in [5.41, 5.74) is 0.707. The molecule has 1 N–H and O–H groups in total. The third-order valence-electron chi connectivity index (χ3n) is 3.24. The van der Waals surface area contributed by atoms with E-state index in [0.29, 0.717) is 16.3 Å². The second-order valence-corrected chi connectivity index (χ2v) is 6.09. The first-order valence-electron chi connectivity index (χ1n) is 6.24. The molecule has 108 valence electrons. The van der Waals surface area contributed by atoms with E-state index in [1.165, 1.54) is 40.9 Å². The molecule has 0 aliphatic carbocycles. The highest BCUT2D eigenvalue weighted by Gasteiger charge is 2.36. The van der Waals surface area contributed by atoms with Gasteiger partial charge in [0.25, 0.3) is 0 Å². The predicted octanol–water partition coefficient (Wildman–Crippen LogP) is 3.96. The van der Waals surface area contributed by atoms with Gasteiger partial charge >= 0.3 is 0 Å². The predicted molar refractivity (Wildman–Crippen MR) is 82.2 cm³/mol. The monoisotopic (exact) mass is 323 g/mol. The highest BCUT2D eigenvalue weighted by molar-refractivity contribution is 8.00. The zero-order valence-corrected chi connectivity index (χ0v) is 12.4. The average Bonchev–Trinajstić information content (AvgIpc) is 2.84. The summed E-state index contributed by atoms with van der Waals surface area (Å²) < 4.78 is 14.0. The molecular formula is C15H11ClFNO2S. The summed E-state index contributed by atoms with van der Waals surface area (Å²) in [6, 6.07) is 10.8. The minimum absolute atomic E-state index is 0.0587. The Balaban J connectivity index is 2.08. The van der Waals surface area contributed by atoms with E-state index in [1.54, 1.807) is 18.2 Å². The zero-order chi connectivity index (χ0) is 15.0. The van der Waals surface area contributed by atoms with Crippen LogP contribution in [0.5, 0.6) is 5.75 Å². The maximum Gasteiger partial charge on any atom is 0.238 e. The van der Waals surface area contributed by atoms with Crippen LogP contribution in [0.3, 0.4) is 0 Å². The van der Waals surface area contributed by atoms with Gasteiger partial charge in [0.15, 0.2) is 0 Å². The Morgan fingerprint density at radius 2 is 2.05 bits per heavy atom. The molecule has 0 saturated carbocycles. The van der Waals surface area contributed by atoms with Crippen molar-refractivity contribution in [1.82, 2.24) is 0 Å². The number of hydrogen-bond donors (Lipinski definition) is 1. The van der Waals surface area contributed by atoms with E-state index in [-0.39, 0.29) is 23.2 Å². The number of nitrogens with zero attached hydrogens (tertiary/aromatic N) is 1. The Morgan fingerprint density at radius 1 is 1.29 bits per heavy atom. The third kappa shape index (κ3) is 2.59. The van der Waals surface area contributed by atoms with Crippen molar-refractivity contribution in [2.24, 2.45) is 0 Å². The maximum atomic E-state index is 14.0. The summed E-state index contributed by atoms with van der Waals surface area (Å²) in [4.78, 5) is 13.6. The molecule has 1 saturated heterocycles. The third-order valence-corrected chi connectivity index (χ3v) is 4.67. The number of halogens is 2. The highest BCUT2D eigenvalue weighted by atomic mass is 35.5. The molecule has 0 radical (unpaired) electrons. The van der Waals surface area contributed by atoms with Crippen LogP contribution in [0.4, 0.5) is 10.1 Å². The largest absolute Gasteiger partial charge is 0.506 e. The summed E-state index contributed by atoms with van der Waals surface area (Å²) in [5, 5.41) is 9.88. The van der Waals surface area contributed by atoms with E-state index >= 15 is 0 Å². The van der Waals surface area contributed by atoms with Gasteiger partial charge in [-0.15, -0.1) is 11.8 Å². The number of rotatable bonds is 2. The Kier molecular flexibility index (Phi) is 3.78. The lowest BCUT2D eigenvalue weighted by atomic mass is 10.1. The number of anilines is 1. The van der Waals surface area contributed by atoms with Crippen LogP contribution in [0.2, 0.25) is 5.02 Å². The molecule has 0 bridgehead atoms. The molecule has 3 rings (SSSR count). The number of benzene rings is 2. The molecule has 2 aromatic carbocycles. The van der Waals surface area contributed by atoms with Crippen molar-refractivity contribution in [3.8, 4) is 5.75 Å². The summed E-state index contributed by atoms with van der Waals surface area (Å²) in [6.45, 7) is 0. The fraction of sp³-hybridized carbons (Fsp3) is 0.133. The maximum absolute atomic E-state index is 14.0. The first kappa shape index (κ1) is 14.2. The topological polar surface area (TPSA) is 40.5 Å². The standard InChI is InChI=1S/C15H11ClFNO2S/c16-9-5-6-13(19)12(7-9)18-14(20)8-21-15(18)10-3-1-2-4-11(10)17/h1-7,15,19H,8H2/t15-/m1/s1. The molecule has 0 spiro atoms. The quantitative estimate of drug-likeness (QED) is 0.909. The molecule has 2 aromatic rings. The summed E-state index contributed by atoms with van der Waals surface area (Å²) in [5.74, 6) is -0.399. The highest BCUT2D eigenvalue weighted by Crippen LogP contribution is 2.45. The van der Waals surface area contributed by atoms with Crippen molar-refractivity contribution >= 4 is 35.0 Å². The normalized spacial score (nSPS) is 18.3. The molecule has 1 heterocycles. The van der Waals surface area contributed by atoms with Gasteiger partial charge in [-0.3, -0.25) is 9.69 Å². The number of carbonyl (C=O) groups is 1. The van der Waals surface area contributed by atoms with Crippen LogP contribution in [0.25, 0.3) is 0 Å². The fourth-order valence-corrected chi connectivity index (χ4v) is 3.64. The average molecular weight is 324 g/mol. The van der Waals surface area contributed by atoms with E-state index in [0.717, 1.165) is 0 Å². The molecule has 1 aliphatic heterocycles. The number of aromatic hydroxyl groups is 1. The van der Waals surface area contributed by atoms with E-state index in [4.69, 9.17) is 11.6 Å². The van der Waals surface area contributed by atoms with Crippen LogP contribution in [0.15, 0.2) is 42.5 Å². The van der Waals surface area contributed by atoms with Crippen molar-refractivity contribution in [3.05, 3.63) is 58.9 Å². The second-order valence-electron chi connectivity index (χ2n) is 4.58. The SMILES string of the molecule is O=C1CS[C@H](c2ccccc2F)N1c1cc(Cl)ccc1O. The van der Waals surface area contributed by atoms with Gasteiger partial charge < -0.3 is 5.11 Å². The molecule has 21 heavy (non-hydrogen) atoms. The van der Waals surface area contributed by atoms with E-state index in [1.807, 2.05) is 0 Å². The second kappa shape index (κ2) is 5.58. The molecule has 1 aliphatic rings. The Bertz CT molecular complexity index is 710. The fourth-order valence-electron chi connectivity index (χ4n) is 2.28. The molecule has 1 atom stereocenters. The van der Waals surface area contributed by atoms with Crippen LogP contribution >= 0.6 is 23.4 Å². The van der Waals surface area contributed by atoms with Gasteiger partial charge in [0.2, 0.25) is 5.91 Å². The Morgan fingerprint density at radius 3 is 2.81 bits per heavy atom. The first-order chi connectivity index (χ1) is 10.1. The summed E-state index contributed by atoms with van der Waals surface area (Å²) in [6.07, 6.45) is 0. The minimum Gasteiger partial charge on any atom is -0.506 e. The number of amides is 1. The molecule has 0 unspecified atom stereocenters. The van der Waals surface area contributed by atoms with E-state index < -0.39 is 5.37 Å². The lowest BCUT2D eigenvalue weighted by Crippen LogP contribution is -2.28. The molecule has 1 amide bonds. The number of carbonyl (C=O) groups excluding carboxylic acids is 1. The molecule has 3 nitrogen and oxygen atoms in total. The molecule has 1 fully saturated rings. The Labute approximate surface area is 130 Å². The van der Waals surface area contributed by atoms with Gasteiger partial charge in [-0.05, 0) is 24.3 Å². The summed E-state index contributed by atoms with van der Waals surface area (Å²) >= 11 is 7.26. The van der Waals surface area contributed by atoms with Crippen LogP contribution in [-0.2, 0) is 4.79 Å². The number of phenolic OH excluding ortho intramolecular Hbond substituents is 1. The number of phenols is 1. The molecular weight excluding hydrogens is 313 g/mol. The van der Waals surface area contributed by atoms with Gasteiger partial charge in [0.1, 0.15) is 16.9 Å². The van der Waals surface area contributed by atoms with Crippen LogP contribution < -0.4 is 4.90 Å². The van der Waals surface area contributed by atoms with Gasteiger partial charge in [0, 0.05) is 10.6 Å². The first-order valence-corrected chi connectivity index (χ1v) is 7.67. The number of hydrogen-bond acceptors (Lipinski definition) is 3. The lowest BCUT2D eigenvalue weighted by molar-refractivity contribution is -0.115. The zero-order valence-electron chi connectivity index (χ0n) is 10.8. The summed E-state index contributed by atoms with van der Waals surface area (Å²) in [7, 11) is 0. The molecule has 0 aromatic heterocycles. The minimum atomic E-state index is -0.511. The van der Waals surface area contributed by atoms with Gasteiger partial charge in [0.05, 0.1) is 11.4 Å². The van der Waals surface area contributed by atoms with E-state index in [2.05, 4.69) is 0 Å². The van der Waals surface area contributed by atoms with Crippen molar-refractivity contribution < 1.29 is 14.3 Å². The van der Waals surface area contributed by atoms with Crippen molar-refractivity contribution in [1.29, 1.82) is 0 Å². The van der Waals surface area contributed by atoms with Crippen molar-refractivity contribution in [2.45, 2.75) is 5.37 Å². The van der Waals surface area contributed by atoms with Crippen molar-refractivity contribution in [3.63, 3.8) is 0 Å². The smallest absolute Gasteiger partial charge is 0.238 e. The van der Waals surface area contributed by atoms with Crippen LogP contribution in [-0.4, -0.2) is 16.8 Å². The van der Waals surface area contributed by atoms with E-state index in [9.17, 15) is 14.3 Å². The lowest BCUT2D eigenvalue weighted by Gasteiger charge is -2.25.